The average Bonchev–Trinajstić information content (AvgIpc) is 2.90. The van der Waals surface area contributed by atoms with E-state index in [-0.39, 0.29) is 32.9 Å². The number of amides is 1. The van der Waals surface area contributed by atoms with Gasteiger partial charge in [0.1, 0.15) is 15.1 Å². The Morgan fingerprint density at radius 3 is 1.90 bits per heavy atom. The molecule has 2 aliphatic carbocycles. The van der Waals surface area contributed by atoms with Crippen LogP contribution in [0.4, 0.5) is 11.4 Å². The summed E-state index contributed by atoms with van der Waals surface area (Å²) < 4.78 is 67.6. The second-order valence-corrected chi connectivity index (χ2v) is 11.8. The number of hydrogen-bond donors (Lipinski definition) is 5. The van der Waals surface area contributed by atoms with E-state index in [1.165, 1.54) is 12.1 Å². The van der Waals surface area contributed by atoms with E-state index in [0.717, 1.165) is 31.2 Å². The van der Waals surface area contributed by atoms with E-state index in [1.54, 1.807) is 12.1 Å². The van der Waals surface area contributed by atoms with Crippen LogP contribution in [0.25, 0.3) is 32.7 Å². The van der Waals surface area contributed by atoms with Gasteiger partial charge in [-0.05, 0) is 24.3 Å². The quantitative estimate of drug-likeness (QED) is 0.0815. The Bertz CT molecular complexity index is 2410. The average molecular weight is 612 g/mol. The number of nitrogens with zero attached hydrogens (tertiary/aromatic N) is 1. The van der Waals surface area contributed by atoms with Crippen molar-refractivity contribution in [3.05, 3.63) is 90.6 Å². The minimum atomic E-state index is -5.23. The molecule has 3 aromatic carbocycles. The third-order valence-corrected chi connectivity index (χ3v) is 8.13. The third-order valence-electron chi connectivity index (χ3n) is 6.36. The highest BCUT2D eigenvalue weighted by Gasteiger charge is 2.28. The standard InChI is InChI=1S/C26H17N3O11S2/c1-11(30)27-23-21(42(38,39)40)10-20(41(35,36)37)14-6-7-17(26(34)22(14)23)28-29-18-8-15-16(9-19(18)31)25(33)13-5-3-2-4-12(13)24(15)32/h2-10,28,34H,1H3,(H,27,30)(H,35,36,37)(H,38,39,40). The summed E-state index contributed by atoms with van der Waals surface area (Å²) in [5.74, 6) is -1.77. The lowest BCUT2D eigenvalue weighted by Gasteiger charge is -2.17. The lowest BCUT2D eigenvalue weighted by molar-refractivity contribution is -0.114. The van der Waals surface area contributed by atoms with Crippen LogP contribution in [0, 0.1) is 0 Å². The monoisotopic (exact) mass is 611 g/mol. The second kappa shape index (κ2) is 9.81. The van der Waals surface area contributed by atoms with Crippen molar-refractivity contribution in [3.8, 4) is 16.9 Å². The molecule has 0 radical (unpaired) electrons. The predicted molar refractivity (Wildman–Crippen MR) is 150 cm³/mol. The van der Waals surface area contributed by atoms with Gasteiger partial charge in [-0.2, -0.15) is 21.9 Å². The van der Waals surface area contributed by atoms with Crippen molar-refractivity contribution in [1.82, 2.24) is 0 Å². The molecule has 42 heavy (non-hydrogen) atoms. The molecule has 5 rings (SSSR count). The molecule has 0 saturated heterocycles. The van der Waals surface area contributed by atoms with E-state index < -0.39 is 74.4 Å². The lowest BCUT2D eigenvalue weighted by Crippen LogP contribution is -2.30. The van der Waals surface area contributed by atoms with Crippen LogP contribution in [0.2, 0.25) is 0 Å². The molecule has 16 heteroatoms. The Kier molecular flexibility index (Phi) is 6.65. The van der Waals surface area contributed by atoms with E-state index in [0.29, 0.717) is 6.07 Å². The largest absolute Gasteiger partial charge is 0.505 e. The van der Waals surface area contributed by atoms with Crippen LogP contribution in [0.3, 0.4) is 0 Å². The van der Waals surface area contributed by atoms with Gasteiger partial charge in [-0.25, -0.2) is 0 Å². The van der Waals surface area contributed by atoms with E-state index in [2.05, 4.69) is 15.8 Å². The maximum atomic E-state index is 13.0. The van der Waals surface area contributed by atoms with E-state index in [1.807, 2.05) is 0 Å². The zero-order chi connectivity index (χ0) is 30.7. The molecule has 0 aromatic heterocycles. The molecule has 3 aromatic rings. The summed E-state index contributed by atoms with van der Waals surface area (Å²) in [4.78, 5) is 48.3. The maximum Gasteiger partial charge on any atom is 0.296 e. The number of rotatable bonds is 5. The SMILES string of the molecule is CC(=O)Nc1c(S(=O)(=O)O)cc(S(=O)(=O)O)c2ccc(NN=c3cc4c(=O)c5ccccc5c(=O)c-4cc3=O)c(O)c12. The molecule has 0 saturated carbocycles. The molecule has 0 heterocycles. The number of carbonyl (C=O) groups excluding carboxylic acids is 1. The first kappa shape index (κ1) is 28.5. The fourth-order valence-corrected chi connectivity index (χ4v) is 6.04. The molecule has 0 fully saturated rings. The molecule has 1 amide bonds. The smallest absolute Gasteiger partial charge is 0.296 e. The van der Waals surface area contributed by atoms with Crippen molar-refractivity contribution in [2.75, 3.05) is 10.7 Å². The maximum absolute atomic E-state index is 13.0. The Labute approximate surface area is 234 Å². The number of phenolic OH excluding ortho intramolecular Hbond substituents is 1. The normalized spacial score (nSPS) is 12.7. The summed E-state index contributed by atoms with van der Waals surface area (Å²) in [5.41, 5.74) is -0.756. The topological polar surface area (TPSA) is 234 Å². The van der Waals surface area contributed by atoms with Crippen LogP contribution < -0.4 is 32.4 Å². The first-order valence-electron chi connectivity index (χ1n) is 11.6. The number of nitrogens with one attached hydrogen (secondary N) is 2. The summed E-state index contributed by atoms with van der Waals surface area (Å²) in [7, 11) is -10.4. The molecule has 214 valence electrons. The fourth-order valence-electron chi connectivity index (χ4n) is 4.57. The number of phenols is 1. The minimum Gasteiger partial charge on any atom is -0.505 e. The third kappa shape index (κ3) is 4.77. The molecule has 5 N–H and O–H groups in total. The van der Waals surface area contributed by atoms with Crippen LogP contribution >= 0.6 is 0 Å². The van der Waals surface area contributed by atoms with Crippen LogP contribution in [0.1, 0.15) is 6.92 Å². The van der Waals surface area contributed by atoms with Gasteiger partial charge >= 0.3 is 0 Å². The van der Waals surface area contributed by atoms with Crippen molar-refractivity contribution in [3.63, 3.8) is 0 Å². The summed E-state index contributed by atoms with van der Waals surface area (Å²) in [5, 5.41) is 15.9. The first-order valence-corrected chi connectivity index (χ1v) is 14.5. The molecule has 0 aliphatic heterocycles. The van der Waals surface area contributed by atoms with Gasteiger partial charge in [-0.1, -0.05) is 30.3 Å². The van der Waals surface area contributed by atoms with Gasteiger partial charge in [0.05, 0.1) is 16.8 Å². The summed E-state index contributed by atoms with van der Waals surface area (Å²) in [6, 6.07) is 10.6. The molecule has 0 atom stereocenters. The highest BCUT2D eigenvalue weighted by atomic mass is 32.2. The Morgan fingerprint density at radius 1 is 0.786 bits per heavy atom. The molecular weight excluding hydrogens is 594 g/mol. The van der Waals surface area contributed by atoms with Crippen LogP contribution in [0.5, 0.6) is 5.75 Å². The minimum absolute atomic E-state index is 0.0925. The zero-order valence-corrected chi connectivity index (χ0v) is 22.7. The molecule has 14 nitrogen and oxygen atoms in total. The molecule has 2 aliphatic rings. The predicted octanol–water partition coefficient (Wildman–Crippen LogP) is 1.14. The zero-order valence-electron chi connectivity index (χ0n) is 21.1. The van der Waals surface area contributed by atoms with Crippen molar-refractivity contribution in [2.24, 2.45) is 5.10 Å². The number of carbonyl (C=O) groups is 1. The first-order chi connectivity index (χ1) is 19.6. The van der Waals surface area contributed by atoms with Gasteiger partial charge in [0.15, 0.2) is 16.6 Å². The van der Waals surface area contributed by atoms with Crippen LogP contribution in [0.15, 0.2) is 83.9 Å². The fraction of sp³-hybridized carbons (Fsp3) is 0.0385. The van der Waals surface area contributed by atoms with E-state index in [9.17, 15) is 50.2 Å². The number of hydrogen-bond acceptors (Lipinski definition) is 11. The number of benzene rings is 5. The van der Waals surface area contributed by atoms with Crippen molar-refractivity contribution >= 4 is 59.1 Å². The Hall–Kier alpha value is -5.03. The molecule has 0 unspecified atom stereocenters. The highest BCUT2D eigenvalue weighted by Crippen LogP contribution is 2.43. The Balaban J connectivity index is 1.77. The van der Waals surface area contributed by atoms with E-state index in [4.69, 9.17) is 0 Å². The number of aromatic hydroxyl groups is 1. The highest BCUT2D eigenvalue weighted by molar-refractivity contribution is 7.87. The van der Waals surface area contributed by atoms with Crippen molar-refractivity contribution in [1.29, 1.82) is 0 Å². The summed E-state index contributed by atoms with van der Waals surface area (Å²) >= 11 is 0. The Morgan fingerprint density at radius 2 is 1.36 bits per heavy atom. The lowest BCUT2D eigenvalue weighted by atomic mass is 9.96. The molecule has 0 spiro atoms. The van der Waals surface area contributed by atoms with Gasteiger partial charge in [0.2, 0.25) is 11.3 Å². The van der Waals surface area contributed by atoms with Gasteiger partial charge in [-0.15, -0.1) is 0 Å². The van der Waals surface area contributed by atoms with Crippen molar-refractivity contribution < 1.29 is 35.8 Å². The van der Waals surface area contributed by atoms with Gasteiger partial charge in [0.25, 0.3) is 20.2 Å². The van der Waals surface area contributed by atoms with Gasteiger partial charge < -0.3 is 10.4 Å². The summed E-state index contributed by atoms with van der Waals surface area (Å²) in [6.45, 7) is 0.973. The van der Waals surface area contributed by atoms with Crippen molar-refractivity contribution in [2.45, 2.75) is 16.7 Å². The molecular formula is C26H17N3O11S2. The summed E-state index contributed by atoms with van der Waals surface area (Å²) in [6.07, 6.45) is 0. The molecule has 0 bridgehead atoms. The number of anilines is 2. The van der Waals surface area contributed by atoms with Gasteiger partial charge in [0, 0.05) is 34.2 Å². The van der Waals surface area contributed by atoms with Crippen LogP contribution in [-0.2, 0) is 25.0 Å². The second-order valence-electron chi connectivity index (χ2n) is 9.06. The van der Waals surface area contributed by atoms with E-state index >= 15 is 0 Å². The van der Waals surface area contributed by atoms with Crippen LogP contribution in [-0.4, -0.2) is 37.0 Å². The van der Waals surface area contributed by atoms with Gasteiger partial charge in [-0.3, -0.25) is 33.7 Å². The number of fused-ring (bicyclic) bond motifs is 3.